The van der Waals surface area contributed by atoms with E-state index in [9.17, 15) is 13.2 Å². The van der Waals surface area contributed by atoms with Gasteiger partial charge in [0, 0.05) is 17.9 Å². The molecule has 7 heteroatoms. The number of para-hydroxylation sites is 1. The van der Waals surface area contributed by atoms with Crippen molar-refractivity contribution >= 4 is 17.7 Å². The van der Waals surface area contributed by atoms with Crippen molar-refractivity contribution in [1.82, 2.24) is 0 Å². The van der Waals surface area contributed by atoms with Crippen LogP contribution in [0.15, 0.2) is 71.7 Å². The fourth-order valence-corrected chi connectivity index (χ4v) is 3.04. The van der Waals surface area contributed by atoms with Crippen LogP contribution in [0.25, 0.3) is 0 Å². The number of alkyl halides is 3. The van der Waals surface area contributed by atoms with E-state index in [4.69, 9.17) is 4.74 Å². The molecule has 2 N–H and O–H groups in total. The van der Waals surface area contributed by atoms with Gasteiger partial charge in [0.15, 0.2) is 0 Å². The molecule has 4 nitrogen and oxygen atoms in total. The van der Waals surface area contributed by atoms with E-state index in [1.165, 1.54) is 6.07 Å². The summed E-state index contributed by atoms with van der Waals surface area (Å²) >= 11 is 0. The second-order valence-electron chi connectivity index (χ2n) is 6.58. The fourth-order valence-electron chi connectivity index (χ4n) is 3.04. The van der Waals surface area contributed by atoms with E-state index in [1.54, 1.807) is 42.7 Å². The molecule has 3 aromatic carbocycles. The normalized spacial score (nSPS) is 12.8. The van der Waals surface area contributed by atoms with Gasteiger partial charge in [0.25, 0.3) is 0 Å². The van der Waals surface area contributed by atoms with Gasteiger partial charge in [0.2, 0.25) is 0 Å². The minimum absolute atomic E-state index is 0.218. The van der Waals surface area contributed by atoms with Crippen LogP contribution < -0.4 is 15.4 Å². The average Bonchev–Trinajstić information content (AvgIpc) is 2.73. The van der Waals surface area contributed by atoms with Crippen LogP contribution in [0.3, 0.4) is 0 Å². The predicted molar refractivity (Wildman–Crippen MR) is 108 cm³/mol. The van der Waals surface area contributed by atoms with Crippen molar-refractivity contribution in [2.45, 2.75) is 19.3 Å². The van der Waals surface area contributed by atoms with Crippen molar-refractivity contribution < 1.29 is 17.9 Å². The zero-order valence-electron chi connectivity index (χ0n) is 15.3. The molecule has 0 spiro atoms. The maximum Gasteiger partial charge on any atom is 0.419 e. The molecule has 148 valence electrons. The highest BCUT2D eigenvalue weighted by Crippen LogP contribution is 2.39. The van der Waals surface area contributed by atoms with E-state index < -0.39 is 11.7 Å². The minimum Gasteiger partial charge on any atom is -0.457 e. The van der Waals surface area contributed by atoms with Gasteiger partial charge in [-0.05, 0) is 47.5 Å². The molecular formula is C22H18F3N3O. The Morgan fingerprint density at radius 1 is 1.00 bits per heavy atom. The number of nitrogens with zero attached hydrogens (tertiary/aromatic N) is 1. The van der Waals surface area contributed by atoms with Gasteiger partial charge in [-0.2, -0.15) is 13.2 Å². The van der Waals surface area contributed by atoms with Crippen molar-refractivity contribution in [3.63, 3.8) is 0 Å². The molecule has 0 fully saturated rings. The third-order valence-corrected chi connectivity index (χ3v) is 4.50. The lowest BCUT2D eigenvalue weighted by Crippen LogP contribution is -2.10. The maximum absolute atomic E-state index is 13.6. The van der Waals surface area contributed by atoms with Gasteiger partial charge in [0.05, 0.1) is 18.4 Å². The van der Waals surface area contributed by atoms with Crippen LogP contribution in [-0.2, 0) is 19.3 Å². The van der Waals surface area contributed by atoms with Crippen LogP contribution in [0.1, 0.15) is 16.7 Å². The fraction of sp³-hybridized carbons (Fsp3) is 0.136. The summed E-state index contributed by atoms with van der Waals surface area (Å²) in [6.07, 6.45) is -2.89. The Labute approximate surface area is 166 Å². The molecule has 29 heavy (non-hydrogen) atoms. The number of ether oxygens (including phenoxy) is 1. The van der Waals surface area contributed by atoms with Crippen LogP contribution in [-0.4, -0.2) is 6.34 Å². The molecule has 0 amide bonds. The van der Waals surface area contributed by atoms with Crippen molar-refractivity contribution in [3.8, 4) is 11.5 Å². The molecule has 1 aliphatic rings. The number of nitrogens with one attached hydrogen (secondary N) is 2. The average molecular weight is 397 g/mol. The lowest BCUT2D eigenvalue weighted by Gasteiger charge is -2.17. The highest BCUT2D eigenvalue weighted by molar-refractivity contribution is 5.81. The van der Waals surface area contributed by atoms with Gasteiger partial charge in [0.1, 0.15) is 11.5 Å². The molecule has 0 aromatic heterocycles. The first-order valence-corrected chi connectivity index (χ1v) is 9.04. The highest BCUT2D eigenvalue weighted by atomic mass is 19.4. The Bertz CT molecular complexity index is 1030. The summed E-state index contributed by atoms with van der Waals surface area (Å²) in [6.45, 7) is 0.863. The Kier molecular flexibility index (Phi) is 5.12. The van der Waals surface area contributed by atoms with Crippen molar-refractivity contribution in [2.75, 3.05) is 10.6 Å². The third-order valence-electron chi connectivity index (χ3n) is 4.50. The molecule has 0 aliphatic carbocycles. The Hall–Kier alpha value is -3.48. The molecule has 4 rings (SSSR count). The topological polar surface area (TPSA) is 45.7 Å². The summed E-state index contributed by atoms with van der Waals surface area (Å²) in [5.41, 5.74) is 2.52. The van der Waals surface area contributed by atoms with Crippen molar-refractivity contribution in [1.29, 1.82) is 0 Å². The quantitative estimate of drug-likeness (QED) is 0.550. The standard InChI is InChI=1S/C22H18F3N3O/c23-22(24,25)19-10-15(6-9-21(19)29-18-4-2-1-3-5-18)12-27-17-8-7-16-13-26-14-28-20(16)11-17/h1-11,14,27H,12-13H2,(H,26,28). The van der Waals surface area contributed by atoms with E-state index in [0.29, 0.717) is 17.9 Å². The first kappa shape index (κ1) is 18.9. The summed E-state index contributed by atoms with van der Waals surface area (Å²) in [7, 11) is 0. The minimum atomic E-state index is -4.52. The van der Waals surface area contributed by atoms with E-state index in [-0.39, 0.29) is 12.3 Å². The number of anilines is 2. The number of fused-ring (bicyclic) bond motifs is 1. The Balaban J connectivity index is 1.52. The van der Waals surface area contributed by atoms with Gasteiger partial charge in [-0.15, -0.1) is 0 Å². The first-order chi connectivity index (χ1) is 14.0. The molecule has 1 heterocycles. The summed E-state index contributed by atoms with van der Waals surface area (Å²) in [5, 5.41) is 6.23. The number of rotatable bonds is 5. The van der Waals surface area contributed by atoms with Crippen LogP contribution in [0.5, 0.6) is 11.5 Å². The largest absolute Gasteiger partial charge is 0.457 e. The van der Waals surface area contributed by atoms with Crippen LogP contribution in [0.4, 0.5) is 24.5 Å². The van der Waals surface area contributed by atoms with Crippen LogP contribution >= 0.6 is 0 Å². The second kappa shape index (κ2) is 7.87. The van der Waals surface area contributed by atoms with Crippen molar-refractivity contribution in [3.05, 3.63) is 83.4 Å². The van der Waals surface area contributed by atoms with Gasteiger partial charge in [-0.25, -0.2) is 0 Å². The smallest absolute Gasteiger partial charge is 0.419 e. The van der Waals surface area contributed by atoms with E-state index in [2.05, 4.69) is 15.6 Å². The van der Waals surface area contributed by atoms with Crippen LogP contribution in [0.2, 0.25) is 0 Å². The van der Waals surface area contributed by atoms with E-state index in [1.807, 2.05) is 18.2 Å². The monoisotopic (exact) mass is 397 g/mol. The lowest BCUT2D eigenvalue weighted by molar-refractivity contribution is -0.138. The summed E-state index contributed by atoms with van der Waals surface area (Å²) in [6, 6.07) is 18.3. The Morgan fingerprint density at radius 2 is 1.83 bits per heavy atom. The second-order valence-corrected chi connectivity index (χ2v) is 6.58. The zero-order chi connectivity index (χ0) is 20.3. The molecule has 1 aliphatic heterocycles. The molecular weight excluding hydrogens is 379 g/mol. The molecule has 0 unspecified atom stereocenters. The first-order valence-electron chi connectivity index (χ1n) is 9.04. The number of halogens is 3. The van der Waals surface area contributed by atoms with E-state index >= 15 is 0 Å². The van der Waals surface area contributed by atoms with Gasteiger partial charge in [-0.3, -0.25) is 4.99 Å². The SMILES string of the molecule is FC(F)(F)c1cc(CNc2ccc3c(c2)NC=NC3)ccc1Oc1ccccc1. The van der Waals surface area contributed by atoms with Crippen LogP contribution in [0, 0.1) is 0 Å². The van der Waals surface area contributed by atoms with E-state index in [0.717, 1.165) is 23.0 Å². The summed E-state index contributed by atoms with van der Waals surface area (Å²) < 4.78 is 46.1. The Morgan fingerprint density at radius 3 is 2.62 bits per heavy atom. The summed E-state index contributed by atoms with van der Waals surface area (Å²) in [5.74, 6) is 0.138. The number of benzene rings is 3. The highest BCUT2D eigenvalue weighted by Gasteiger charge is 2.34. The number of aliphatic imine (C=N–C) groups is 1. The molecule has 0 saturated heterocycles. The molecule has 0 radical (unpaired) electrons. The lowest BCUT2D eigenvalue weighted by atomic mass is 10.1. The zero-order valence-corrected chi connectivity index (χ0v) is 15.3. The number of hydrogen-bond donors (Lipinski definition) is 2. The molecule has 0 atom stereocenters. The maximum atomic E-state index is 13.6. The van der Waals surface area contributed by atoms with Gasteiger partial charge < -0.3 is 15.4 Å². The molecule has 0 bridgehead atoms. The van der Waals surface area contributed by atoms with Crippen molar-refractivity contribution in [2.24, 2.45) is 4.99 Å². The van der Waals surface area contributed by atoms with Gasteiger partial charge >= 0.3 is 6.18 Å². The molecule has 3 aromatic rings. The third kappa shape index (κ3) is 4.51. The number of hydrogen-bond acceptors (Lipinski definition) is 4. The molecule has 0 saturated carbocycles. The summed E-state index contributed by atoms with van der Waals surface area (Å²) in [4.78, 5) is 4.14. The predicted octanol–water partition coefficient (Wildman–Crippen LogP) is 6.06. The van der Waals surface area contributed by atoms with Gasteiger partial charge in [-0.1, -0.05) is 30.3 Å².